The Labute approximate surface area is 131 Å². The molecule has 23 heavy (non-hydrogen) atoms. The standard InChI is InChI=1S/C17H11N3O3/c18-10-12-4-3-5-13(8-12)17(22)23-11-14-9-16(21)20-7-2-1-6-15(20)19-14/h1-9H,11H2. The first-order valence-corrected chi connectivity index (χ1v) is 6.82. The van der Waals surface area contributed by atoms with Crippen molar-refractivity contribution >= 4 is 11.6 Å². The number of fused-ring (bicyclic) bond motifs is 1. The van der Waals surface area contributed by atoms with Crippen LogP contribution in [0.1, 0.15) is 21.6 Å². The van der Waals surface area contributed by atoms with Gasteiger partial charge in [0.2, 0.25) is 0 Å². The van der Waals surface area contributed by atoms with Gasteiger partial charge >= 0.3 is 5.97 Å². The molecule has 0 atom stereocenters. The predicted molar refractivity (Wildman–Crippen MR) is 81.7 cm³/mol. The van der Waals surface area contributed by atoms with Crippen LogP contribution in [-0.2, 0) is 11.3 Å². The lowest BCUT2D eigenvalue weighted by Gasteiger charge is -2.06. The molecule has 0 amide bonds. The number of rotatable bonds is 3. The fraction of sp³-hybridized carbons (Fsp3) is 0.0588. The average molecular weight is 305 g/mol. The second-order valence-corrected chi connectivity index (χ2v) is 4.78. The molecule has 112 valence electrons. The number of ether oxygens (including phenoxy) is 1. The van der Waals surface area contributed by atoms with Gasteiger partial charge in [0.1, 0.15) is 12.3 Å². The van der Waals surface area contributed by atoms with Gasteiger partial charge < -0.3 is 4.74 Å². The van der Waals surface area contributed by atoms with E-state index in [0.29, 0.717) is 16.9 Å². The van der Waals surface area contributed by atoms with E-state index in [4.69, 9.17) is 10.00 Å². The minimum absolute atomic E-state index is 0.115. The fourth-order valence-corrected chi connectivity index (χ4v) is 2.12. The molecule has 0 saturated heterocycles. The Balaban J connectivity index is 1.79. The molecule has 0 aliphatic carbocycles. The molecule has 0 fully saturated rings. The van der Waals surface area contributed by atoms with E-state index in [9.17, 15) is 9.59 Å². The SMILES string of the molecule is N#Cc1cccc(C(=O)OCc2cc(=O)n3ccccc3n2)c1. The maximum atomic E-state index is 12.0. The van der Waals surface area contributed by atoms with Crippen molar-refractivity contribution in [1.82, 2.24) is 9.38 Å². The smallest absolute Gasteiger partial charge is 0.338 e. The minimum atomic E-state index is -0.572. The topological polar surface area (TPSA) is 84.5 Å². The molecule has 2 heterocycles. The number of benzene rings is 1. The molecule has 6 nitrogen and oxygen atoms in total. The van der Waals surface area contributed by atoms with Crippen LogP contribution in [0.15, 0.2) is 59.5 Å². The summed E-state index contributed by atoms with van der Waals surface area (Å²) < 4.78 is 6.56. The lowest BCUT2D eigenvalue weighted by atomic mass is 10.1. The summed E-state index contributed by atoms with van der Waals surface area (Å²) >= 11 is 0. The second-order valence-electron chi connectivity index (χ2n) is 4.78. The molecule has 0 spiro atoms. The maximum Gasteiger partial charge on any atom is 0.338 e. The van der Waals surface area contributed by atoms with Gasteiger partial charge in [0.25, 0.3) is 5.56 Å². The summed E-state index contributed by atoms with van der Waals surface area (Å²) in [6.45, 7) is -0.115. The number of aromatic nitrogens is 2. The number of hydrogen-bond donors (Lipinski definition) is 0. The molecule has 3 rings (SSSR count). The van der Waals surface area contributed by atoms with Gasteiger partial charge in [0.15, 0.2) is 0 Å². The van der Waals surface area contributed by atoms with E-state index < -0.39 is 5.97 Å². The molecular weight excluding hydrogens is 294 g/mol. The van der Waals surface area contributed by atoms with Gasteiger partial charge in [-0.2, -0.15) is 5.26 Å². The molecule has 0 aliphatic heterocycles. The molecule has 1 aromatic carbocycles. The first kappa shape index (κ1) is 14.5. The van der Waals surface area contributed by atoms with Gasteiger partial charge in [-0.15, -0.1) is 0 Å². The number of nitrogens with zero attached hydrogens (tertiary/aromatic N) is 3. The third-order valence-electron chi connectivity index (χ3n) is 3.20. The second kappa shape index (κ2) is 6.12. The molecular formula is C17H11N3O3. The number of hydrogen-bond acceptors (Lipinski definition) is 5. The summed E-state index contributed by atoms with van der Waals surface area (Å²) in [5, 5.41) is 8.83. The number of nitriles is 1. The third kappa shape index (κ3) is 3.09. The van der Waals surface area contributed by atoms with Gasteiger partial charge in [-0.1, -0.05) is 12.1 Å². The van der Waals surface area contributed by atoms with Crippen LogP contribution in [0.2, 0.25) is 0 Å². The van der Waals surface area contributed by atoms with Crippen LogP contribution < -0.4 is 5.56 Å². The molecule has 0 N–H and O–H groups in total. The molecule has 0 unspecified atom stereocenters. The molecule has 0 aliphatic rings. The van der Waals surface area contributed by atoms with Crippen LogP contribution >= 0.6 is 0 Å². The molecule has 0 bridgehead atoms. The zero-order valence-electron chi connectivity index (χ0n) is 12.0. The number of pyridine rings is 1. The van der Waals surface area contributed by atoms with Crippen molar-refractivity contribution in [3.63, 3.8) is 0 Å². The molecule has 2 aromatic heterocycles. The molecule has 0 radical (unpaired) electrons. The summed E-state index contributed by atoms with van der Waals surface area (Å²) in [7, 11) is 0. The Morgan fingerprint density at radius 2 is 2.09 bits per heavy atom. The fourth-order valence-electron chi connectivity index (χ4n) is 2.12. The van der Waals surface area contributed by atoms with E-state index in [1.165, 1.54) is 16.5 Å². The quantitative estimate of drug-likeness (QED) is 0.690. The highest BCUT2D eigenvalue weighted by Crippen LogP contribution is 2.08. The van der Waals surface area contributed by atoms with Gasteiger partial charge in [-0.05, 0) is 30.3 Å². The third-order valence-corrected chi connectivity index (χ3v) is 3.20. The van der Waals surface area contributed by atoms with Crippen molar-refractivity contribution in [2.45, 2.75) is 6.61 Å². The van der Waals surface area contributed by atoms with Crippen molar-refractivity contribution in [3.8, 4) is 6.07 Å². The zero-order chi connectivity index (χ0) is 16.2. The normalized spacial score (nSPS) is 10.2. The lowest BCUT2D eigenvalue weighted by Crippen LogP contribution is -2.16. The van der Waals surface area contributed by atoms with E-state index in [1.807, 2.05) is 6.07 Å². The van der Waals surface area contributed by atoms with E-state index >= 15 is 0 Å². The summed E-state index contributed by atoms with van der Waals surface area (Å²) in [5.41, 5.74) is 1.26. The van der Waals surface area contributed by atoms with Crippen molar-refractivity contribution in [3.05, 3.63) is 81.9 Å². The van der Waals surface area contributed by atoms with E-state index in [1.54, 1.807) is 42.6 Å². The largest absolute Gasteiger partial charge is 0.456 e. The van der Waals surface area contributed by atoms with Crippen molar-refractivity contribution < 1.29 is 9.53 Å². The Kier molecular flexibility index (Phi) is 3.85. The highest BCUT2D eigenvalue weighted by molar-refractivity contribution is 5.89. The number of carbonyl (C=O) groups is 1. The van der Waals surface area contributed by atoms with Crippen LogP contribution in [0.5, 0.6) is 0 Å². The minimum Gasteiger partial charge on any atom is -0.456 e. The average Bonchev–Trinajstić information content (AvgIpc) is 2.60. The highest BCUT2D eigenvalue weighted by atomic mass is 16.5. The zero-order valence-corrected chi connectivity index (χ0v) is 12.0. The first-order chi connectivity index (χ1) is 11.2. The van der Waals surface area contributed by atoms with Crippen molar-refractivity contribution in [2.24, 2.45) is 0 Å². The van der Waals surface area contributed by atoms with Gasteiger partial charge in [-0.25, -0.2) is 9.78 Å². The Morgan fingerprint density at radius 1 is 1.22 bits per heavy atom. The van der Waals surface area contributed by atoms with Crippen LogP contribution in [0, 0.1) is 11.3 Å². The summed E-state index contributed by atoms with van der Waals surface area (Å²) in [5.74, 6) is -0.572. The Morgan fingerprint density at radius 3 is 2.91 bits per heavy atom. The number of esters is 1. The van der Waals surface area contributed by atoms with Crippen molar-refractivity contribution in [2.75, 3.05) is 0 Å². The van der Waals surface area contributed by atoms with E-state index in [0.717, 1.165) is 0 Å². The molecule has 6 heteroatoms. The van der Waals surface area contributed by atoms with Crippen LogP contribution in [0.3, 0.4) is 0 Å². The predicted octanol–water partition coefficient (Wildman–Crippen LogP) is 1.92. The maximum absolute atomic E-state index is 12.0. The highest BCUT2D eigenvalue weighted by Gasteiger charge is 2.09. The first-order valence-electron chi connectivity index (χ1n) is 6.82. The summed E-state index contributed by atoms with van der Waals surface area (Å²) in [6, 6.07) is 14.7. The van der Waals surface area contributed by atoms with Crippen LogP contribution in [0.4, 0.5) is 0 Å². The van der Waals surface area contributed by atoms with Crippen molar-refractivity contribution in [1.29, 1.82) is 5.26 Å². The number of carbonyl (C=O) groups excluding carboxylic acids is 1. The monoisotopic (exact) mass is 305 g/mol. The van der Waals surface area contributed by atoms with Gasteiger partial charge in [0.05, 0.1) is 22.9 Å². The molecule has 3 aromatic rings. The van der Waals surface area contributed by atoms with Gasteiger partial charge in [0, 0.05) is 12.3 Å². The lowest BCUT2D eigenvalue weighted by molar-refractivity contribution is 0.0467. The Bertz CT molecular complexity index is 986. The summed E-state index contributed by atoms with van der Waals surface area (Å²) in [4.78, 5) is 28.2. The van der Waals surface area contributed by atoms with E-state index in [-0.39, 0.29) is 17.7 Å². The van der Waals surface area contributed by atoms with E-state index in [2.05, 4.69) is 4.98 Å². The van der Waals surface area contributed by atoms with Gasteiger partial charge in [-0.3, -0.25) is 9.20 Å². The summed E-state index contributed by atoms with van der Waals surface area (Å²) in [6.07, 6.45) is 1.62. The Hall–Kier alpha value is -3.46. The van der Waals surface area contributed by atoms with Crippen LogP contribution in [-0.4, -0.2) is 15.4 Å². The van der Waals surface area contributed by atoms with Crippen LogP contribution in [0.25, 0.3) is 5.65 Å². The molecule has 0 saturated carbocycles.